The molecule has 0 saturated heterocycles. The van der Waals surface area contributed by atoms with E-state index in [9.17, 15) is 9.59 Å². The molecule has 4 nitrogen and oxygen atoms in total. The molecule has 106 valence electrons. The summed E-state index contributed by atoms with van der Waals surface area (Å²) >= 11 is 1.42. The molecule has 19 heavy (non-hydrogen) atoms. The highest BCUT2D eigenvalue weighted by Crippen LogP contribution is 2.33. The van der Waals surface area contributed by atoms with Crippen molar-refractivity contribution in [2.75, 3.05) is 12.4 Å². The van der Waals surface area contributed by atoms with Crippen LogP contribution in [0.25, 0.3) is 0 Å². The smallest absolute Gasteiger partial charge is 0.341 e. The van der Waals surface area contributed by atoms with E-state index in [1.54, 1.807) is 0 Å². The summed E-state index contributed by atoms with van der Waals surface area (Å²) in [6.07, 6.45) is 1.80. The molecule has 0 spiro atoms. The zero-order chi connectivity index (χ0) is 14.6. The van der Waals surface area contributed by atoms with E-state index in [-0.39, 0.29) is 11.8 Å². The zero-order valence-corrected chi connectivity index (χ0v) is 12.9. The molecule has 0 radical (unpaired) electrons. The van der Waals surface area contributed by atoms with Crippen molar-refractivity contribution in [1.29, 1.82) is 0 Å². The fourth-order valence-corrected chi connectivity index (χ4v) is 2.91. The molecule has 1 aromatic rings. The summed E-state index contributed by atoms with van der Waals surface area (Å²) in [6.45, 7) is 7.73. The van der Waals surface area contributed by atoms with Crippen LogP contribution < -0.4 is 5.32 Å². The van der Waals surface area contributed by atoms with Gasteiger partial charge in [-0.2, -0.15) is 0 Å². The molecule has 5 heteroatoms. The van der Waals surface area contributed by atoms with E-state index in [2.05, 4.69) is 5.32 Å². The maximum absolute atomic E-state index is 12.0. The van der Waals surface area contributed by atoms with Crippen LogP contribution in [0.4, 0.5) is 5.00 Å². The molecule has 0 aliphatic carbocycles. The number of anilines is 1. The highest BCUT2D eigenvalue weighted by atomic mass is 32.1. The number of methoxy groups -OCH3 is 1. The second-order valence-electron chi connectivity index (χ2n) is 4.66. The van der Waals surface area contributed by atoms with Crippen LogP contribution in [-0.2, 0) is 9.53 Å². The van der Waals surface area contributed by atoms with E-state index < -0.39 is 5.97 Å². The average Bonchev–Trinajstić information content (AvgIpc) is 2.64. The molecule has 1 N–H and O–H groups in total. The second kappa shape index (κ2) is 6.70. The number of nitrogens with one attached hydrogen (secondary N) is 1. The Morgan fingerprint density at radius 1 is 1.37 bits per heavy atom. The molecule has 1 atom stereocenters. The van der Waals surface area contributed by atoms with Gasteiger partial charge in [0.25, 0.3) is 0 Å². The number of amides is 1. The summed E-state index contributed by atoms with van der Waals surface area (Å²) in [7, 11) is 1.35. The summed E-state index contributed by atoms with van der Waals surface area (Å²) in [5.41, 5.74) is 1.34. The molecule has 0 aliphatic heterocycles. The van der Waals surface area contributed by atoms with Crippen molar-refractivity contribution in [1.82, 2.24) is 0 Å². The van der Waals surface area contributed by atoms with Crippen LogP contribution in [0.3, 0.4) is 0 Å². The van der Waals surface area contributed by atoms with Gasteiger partial charge >= 0.3 is 5.97 Å². The first-order chi connectivity index (χ1) is 8.92. The molecule has 0 bridgehead atoms. The van der Waals surface area contributed by atoms with Gasteiger partial charge in [-0.15, -0.1) is 11.3 Å². The predicted octanol–water partition coefficient (Wildman–Crippen LogP) is 3.53. The summed E-state index contributed by atoms with van der Waals surface area (Å²) in [6, 6.07) is 0. The first-order valence-electron chi connectivity index (χ1n) is 6.41. The van der Waals surface area contributed by atoms with Gasteiger partial charge in [0.2, 0.25) is 5.91 Å². The van der Waals surface area contributed by atoms with E-state index in [4.69, 9.17) is 4.74 Å². The number of carbonyl (C=O) groups is 2. The van der Waals surface area contributed by atoms with Gasteiger partial charge < -0.3 is 10.1 Å². The van der Waals surface area contributed by atoms with E-state index in [1.807, 2.05) is 27.7 Å². The van der Waals surface area contributed by atoms with Crippen molar-refractivity contribution < 1.29 is 14.3 Å². The van der Waals surface area contributed by atoms with Crippen LogP contribution in [-0.4, -0.2) is 19.0 Å². The Labute approximate surface area is 118 Å². The predicted molar refractivity (Wildman–Crippen MR) is 77.8 cm³/mol. The number of hydrogen-bond acceptors (Lipinski definition) is 4. The van der Waals surface area contributed by atoms with Gasteiger partial charge in [-0.3, -0.25) is 4.79 Å². The lowest BCUT2D eigenvalue weighted by molar-refractivity contribution is -0.119. The Kier molecular flexibility index (Phi) is 5.54. The highest BCUT2D eigenvalue weighted by molar-refractivity contribution is 7.16. The minimum absolute atomic E-state index is 0.0479. The van der Waals surface area contributed by atoms with Crippen LogP contribution in [0.5, 0.6) is 0 Å². The number of aryl methyl sites for hydroxylation is 1. The fraction of sp³-hybridized carbons (Fsp3) is 0.571. The van der Waals surface area contributed by atoms with Crippen LogP contribution >= 0.6 is 11.3 Å². The minimum Gasteiger partial charge on any atom is -0.465 e. The molecule has 1 unspecified atom stereocenters. The van der Waals surface area contributed by atoms with Crippen molar-refractivity contribution in [2.45, 2.75) is 40.5 Å². The number of hydrogen-bond donors (Lipinski definition) is 1. The molecular formula is C14H21NO3S. The maximum atomic E-state index is 12.0. The lowest BCUT2D eigenvalue weighted by atomic mass is 10.1. The van der Waals surface area contributed by atoms with Crippen molar-refractivity contribution >= 4 is 28.2 Å². The van der Waals surface area contributed by atoms with Gasteiger partial charge in [0.1, 0.15) is 5.00 Å². The van der Waals surface area contributed by atoms with Gasteiger partial charge in [0.15, 0.2) is 0 Å². The fourth-order valence-electron chi connectivity index (χ4n) is 1.86. The maximum Gasteiger partial charge on any atom is 0.341 e. The Morgan fingerprint density at radius 3 is 2.53 bits per heavy atom. The SMILES string of the molecule is CCCC(C)C(=O)Nc1sc(C)c(C)c1C(=O)OC. The molecule has 1 heterocycles. The Balaban J connectivity index is 2.98. The number of ether oxygens (including phenoxy) is 1. The second-order valence-corrected chi connectivity index (χ2v) is 5.88. The van der Waals surface area contributed by atoms with E-state index >= 15 is 0 Å². The van der Waals surface area contributed by atoms with Crippen LogP contribution in [0, 0.1) is 19.8 Å². The zero-order valence-electron chi connectivity index (χ0n) is 12.1. The van der Waals surface area contributed by atoms with Gasteiger partial charge in [-0.1, -0.05) is 20.3 Å². The molecule has 1 rings (SSSR count). The highest BCUT2D eigenvalue weighted by Gasteiger charge is 2.22. The summed E-state index contributed by atoms with van der Waals surface area (Å²) in [4.78, 5) is 24.8. The number of rotatable bonds is 5. The molecule has 1 amide bonds. The third-order valence-corrected chi connectivity index (χ3v) is 4.30. The third-order valence-electron chi connectivity index (χ3n) is 3.18. The Bertz CT molecular complexity index is 479. The molecular weight excluding hydrogens is 262 g/mol. The van der Waals surface area contributed by atoms with Crippen molar-refractivity contribution in [3.8, 4) is 0 Å². The van der Waals surface area contributed by atoms with Crippen LogP contribution in [0.1, 0.15) is 47.5 Å². The first-order valence-corrected chi connectivity index (χ1v) is 7.23. The Morgan fingerprint density at radius 2 is 2.00 bits per heavy atom. The molecule has 0 fully saturated rings. The van der Waals surface area contributed by atoms with E-state index in [1.165, 1.54) is 18.4 Å². The number of esters is 1. The van der Waals surface area contributed by atoms with E-state index in [0.29, 0.717) is 10.6 Å². The van der Waals surface area contributed by atoms with Crippen molar-refractivity contribution in [3.63, 3.8) is 0 Å². The number of carbonyl (C=O) groups excluding carboxylic acids is 2. The normalized spacial score (nSPS) is 12.1. The van der Waals surface area contributed by atoms with Crippen molar-refractivity contribution in [3.05, 3.63) is 16.0 Å². The summed E-state index contributed by atoms with van der Waals surface area (Å²) < 4.78 is 4.78. The Hall–Kier alpha value is -1.36. The minimum atomic E-state index is -0.403. The quantitative estimate of drug-likeness (QED) is 0.841. The largest absolute Gasteiger partial charge is 0.465 e. The summed E-state index contributed by atoms with van der Waals surface area (Å²) in [5, 5.41) is 3.44. The van der Waals surface area contributed by atoms with Gasteiger partial charge in [-0.25, -0.2) is 4.79 Å². The van der Waals surface area contributed by atoms with Gasteiger partial charge in [0, 0.05) is 10.8 Å². The van der Waals surface area contributed by atoms with Gasteiger partial charge in [-0.05, 0) is 25.8 Å². The monoisotopic (exact) mass is 283 g/mol. The molecule has 1 aromatic heterocycles. The topological polar surface area (TPSA) is 55.4 Å². The van der Waals surface area contributed by atoms with Crippen molar-refractivity contribution in [2.24, 2.45) is 5.92 Å². The molecule has 0 aromatic carbocycles. The molecule has 0 aliphatic rings. The number of thiophene rings is 1. The first kappa shape index (κ1) is 15.7. The molecule has 0 saturated carbocycles. The lowest BCUT2D eigenvalue weighted by Gasteiger charge is -2.11. The third kappa shape index (κ3) is 3.56. The summed E-state index contributed by atoms with van der Waals surface area (Å²) in [5.74, 6) is -0.508. The standard InChI is InChI=1S/C14H21NO3S/c1-6-7-8(2)12(16)15-13-11(14(17)18-5)9(3)10(4)19-13/h8H,6-7H2,1-5H3,(H,15,16). The van der Waals surface area contributed by atoms with Crippen LogP contribution in [0.2, 0.25) is 0 Å². The lowest BCUT2D eigenvalue weighted by Crippen LogP contribution is -2.21. The van der Waals surface area contributed by atoms with Crippen LogP contribution in [0.15, 0.2) is 0 Å². The van der Waals surface area contributed by atoms with Gasteiger partial charge in [0.05, 0.1) is 12.7 Å². The van der Waals surface area contributed by atoms with E-state index in [0.717, 1.165) is 23.3 Å². The average molecular weight is 283 g/mol.